The van der Waals surface area contributed by atoms with Crippen molar-refractivity contribution in [1.82, 2.24) is 0 Å². The minimum absolute atomic E-state index is 0.207. The van der Waals surface area contributed by atoms with E-state index in [2.05, 4.69) is 5.32 Å². The highest BCUT2D eigenvalue weighted by molar-refractivity contribution is 6.04. The number of nitrogens with one attached hydrogen (secondary N) is 1. The Morgan fingerprint density at radius 3 is 2.62 bits per heavy atom. The molecular formula is C15H13FN2O3. The van der Waals surface area contributed by atoms with Gasteiger partial charge >= 0.3 is 0 Å². The Labute approximate surface area is 120 Å². The summed E-state index contributed by atoms with van der Waals surface area (Å²) in [6.45, 7) is -0.249. The van der Waals surface area contributed by atoms with Crippen molar-refractivity contribution < 1.29 is 18.7 Å². The van der Waals surface area contributed by atoms with E-state index < -0.39 is 17.6 Å². The Bertz CT molecular complexity index is 673. The van der Waals surface area contributed by atoms with Crippen LogP contribution in [-0.4, -0.2) is 18.4 Å². The molecule has 0 atom stereocenters. The van der Waals surface area contributed by atoms with E-state index in [1.165, 1.54) is 18.2 Å². The molecule has 2 amide bonds. The minimum atomic E-state index is -0.593. The van der Waals surface area contributed by atoms with Gasteiger partial charge in [-0.25, -0.2) is 4.39 Å². The predicted molar refractivity (Wildman–Crippen MR) is 75.5 cm³/mol. The van der Waals surface area contributed by atoms with Crippen LogP contribution in [0.3, 0.4) is 0 Å². The topological polar surface area (TPSA) is 81.4 Å². The molecule has 0 saturated heterocycles. The van der Waals surface area contributed by atoms with Gasteiger partial charge in [0, 0.05) is 17.3 Å². The highest BCUT2D eigenvalue weighted by atomic mass is 19.1. The maximum absolute atomic E-state index is 13.1. The van der Waals surface area contributed by atoms with Crippen molar-refractivity contribution in [3.8, 4) is 5.75 Å². The Morgan fingerprint density at radius 1 is 1.14 bits per heavy atom. The van der Waals surface area contributed by atoms with Crippen LogP contribution in [0.15, 0.2) is 48.5 Å². The maximum Gasteiger partial charge on any atom is 0.255 e. The highest BCUT2D eigenvalue weighted by Crippen LogP contribution is 2.18. The quantitative estimate of drug-likeness (QED) is 0.882. The van der Waals surface area contributed by atoms with Crippen LogP contribution in [0.5, 0.6) is 5.75 Å². The Hall–Kier alpha value is -2.89. The molecule has 0 aliphatic heterocycles. The number of ether oxygens (including phenoxy) is 1. The second-order valence-corrected chi connectivity index (χ2v) is 4.25. The van der Waals surface area contributed by atoms with Gasteiger partial charge in [-0.3, -0.25) is 9.59 Å². The van der Waals surface area contributed by atoms with Crippen molar-refractivity contribution in [2.75, 3.05) is 11.9 Å². The smallest absolute Gasteiger partial charge is 0.255 e. The molecule has 0 aromatic heterocycles. The number of nitrogens with two attached hydrogens (primary N) is 1. The third kappa shape index (κ3) is 4.31. The zero-order chi connectivity index (χ0) is 15.2. The zero-order valence-corrected chi connectivity index (χ0v) is 11.0. The van der Waals surface area contributed by atoms with Crippen LogP contribution in [-0.2, 0) is 4.79 Å². The second-order valence-electron chi connectivity index (χ2n) is 4.25. The van der Waals surface area contributed by atoms with Gasteiger partial charge in [0.2, 0.25) is 0 Å². The molecule has 0 aliphatic carbocycles. The van der Waals surface area contributed by atoms with Gasteiger partial charge in [0.15, 0.2) is 6.61 Å². The summed E-state index contributed by atoms with van der Waals surface area (Å²) in [6, 6.07) is 11.8. The van der Waals surface area contributed by atoms with Crippen LogP contribution in [0.2, 0.25) is 0 Å². The summed E-state index contributed by atoms with van der Waals surface area (Å²) in [5, 5.41) is 2.61. The molecule has 21 heavy (non-hydrogen) atoms. The number of amides is 2. The molecule has 2 aromatic carbocycles. The predicted octanol–water partition coefficient (Wildman–Crippen LogP) is 1.94. The number of rotatable bonds is 5. The lowest BCUT2D eigenvalue weighted by atomic mass is 10.2. The molecule has 2 aromatic rings. The summed E-state index contributed by atoms with van der Waals surface area (Å²) in [6.07, 6.45) is 0. The Morgan fingerprint density at radius 2 is 1.90 bits per heavy atom. The van der Waals surface area contributed by atoms with Gasteiger partial charge in [0.1, 0.15) is 11.6 Å². The summed E-state index contributed by atoms with van der Waals surface area (Å²) in [7, 11) is 0. The van der Waals surface area contributed by atoms with E-state index in [1.54, 1.807) is 24.3 Å². The molecule has 6 heteroatoms. The van der Waals surface area contributed by atoms with E-state index in [9.17, 15) is 14.0 Å². The first-order chi connectivity index (χ1) is 10.0. The molecule has 0 aliphatic rings. The minimum Gasteiger partial charge on any atom is -0.484 e. The fourth-order valence-corrected chi connectivity index (χ4v) is 1.65. The number of hydrogen-bond acceptors (Lipinski definition) is 3. The molecule has 0 heterocycles. The zero-order valence-electron chi connectivity index (χ0n) is 11.0. The van der Waals surface area contributed by atoms with Crippen molar-refractivity contribution in [1.29, 1.82) is 0 Å². The van der Waals surface area contributed by atoms with E-state index in [-0.39, 0.29) is 12.2 Å². The summed E-state index contributed by atoms with van der Waals surface area (Å²) >= 11 is 0. The lowest BCUT2D eigenvalue weighted by Crippen LogP contribution is -2.20. The van der Waals surface area contributed by atoms with Crippen molar-refractivity contribution >= 4 is 17.5 Å². The van der Waals surface area contributed by atoms with E-state index in [0.29, 0.717) is 11.4 Å². The van der Waals surface area contributed by atoms with Gasteiger partial charge in [0.05, 0.1) is 0 Å². The summed E-state index contributed by atoms with van der Waals surface area (Å²) < 4.78 is 18.2. The third-order valence-electron chi connectivity index (χ3n) is 2.56. The van der Waals surface area contributed by atoms with Crippen molar-refractivity contribution in [2.45, 2.75) is 0 Å². The first-order valence-electron chi connectivity index (χ1n) is 6.12. The van der Waals surface area contributed by atoms with Crippen LogP contribution < -0.4 is 15.8 Å². The second kappa shape index (κ2) is 6.51. The van der Waals surface area contributed by atoms with Gasteiger partial charge in [-0.2, -0.15) is 0 Å². The number of halogens is 1. The molecule has 3 N–H and O–H groups in total. The monoisotopic (exact) mass is 288 g/mol. The van der Waals surface area contributed by atoms with Crippen molar-refractivity contribution in [2.24, 2.45) is 5.73 Å². The number of hydrogen-bond donors (Lipinski definition) is 2. The first kappa shape index (κ1) is 14.5. The van der Waals surface area contributed by atoms with E-state index in [1.807, 2.05) is 0 Å². The van der Waals surface area contributed by atoms with Gasteiger partial charge in [-0.15, -0.1) is 0 Å². The molecule has 0 bridgehead atoms. The first-order valence-corrected chi connectivity index (χ1v) is 6.12. The van der Waals surface area contributed by atoms with E-state index in [4.69, 9.17) is 10.5 Å². The largest absolute Gasteiger partial charge is 0.484 e. The number of primary amides is 1. The van der Waals surface area contributed by atoms with Crippen LogP contribution in [0.1, 0.15) is 10.4 Å². The summed E-state index contributed by atoms with van der Waals surface area (Å²) in [4.78, 5) is 22.6. The SMILES string of the molecule is NC(=O)COc1cccc(NC(=O)c2cccc(F)c2)c1. The summed E-state index contributed by atoms with van der Waals surface area (Å²) in [5.74, 6) is -1.13. The van der Waals surface area contributed by atoms with Crippen molar-refractivity contribution in [3.05, 3.63) is 59.9 Å². The molecule has 0 fully saturated rings. The van der Waals surface area contributed by atoms with Gasteiger partial charge in [-0.1, -0.05) is 12.1 Å². The number of carbonyl (C=O) groups is 2. The van der Waals surface area contributed by atoms with Crippen LogP contribution in [0.4, 0.5) is 10.1 Å². The molecule has 2 rings (SSSR count). The average Bonchev–Trinajstić information content (AvgIpc) is 2.45. The normalized spacial score (nSPS) is 9.95. The Kier molecular flexibility index (Phi) is 4.50. The van der Waals surface area contributed by atoms with Gasteiger partial charge in [-0.05, 0) is 30.3 Å². The lowest BCUT2D eigenvalue weighted by Gasteiger charge is -2.08. The molecule has 0 unspecified atom stereocenters. The van der Waals surface area contributed by atoms with E-state index >= 15 is 0 Å². The molecule has 0 radical (unpaired) electrons. The third-order valence-corrected chi connectivity index (χ3v) is 2.56. The molecule has 5 nitrogen and oxygen atoms in total. The van der Waals surface area contributed by atoms with Crippen LogP contribution >= 0.6 is 0 Å². The lowest BCUT2D eigenvalue weighted by molar-refractivity contribution is -0.119. The highest BCUT2D eigenvalue weighted by Gasteiger charge is 2.07. The average molecular weight is 288 g/mol. The number of carbonyl (C=O) groups excluding carboxylic acids is 2. The summed E-state index contributed by atoms with van der Waals surface area (Å²) in [5.41, 5.74) is 5.65. The van der Waals surface area contributed by atoms with Gasteiger partial charge < -0.3 is 15.8 Å². The fourth-order valence-electron chi connectivity index (χ4n) is 1.65. The van der Waals surface area contributed by atoms with Crippen LogP contribution in [0, 0.1) is 5.82 Å². The molecule has 0 spiro atoms. The van der Waals surface area contributed by atoms with E-state index in [0.717, 1.165) is 6.07 Å². The molecule has 108 valence electrons. The maximum atomic E-state index is 13.1. The molecular weight excluding hydrogens is 275 g/mol. The fraction of sp³-hybridized carbons (Fsp3) is 0.0667. The van der Waals surface area contributed by atoms with Crippen molar-refractivity contribution in [3.63, 3.8) is 0 Å². The number of anilines is 1. The Balaban J connectivity index is 2.07. The standard InChI is InChI=1S/C15H13FN2O3/c16-11-4-1-3-10(7-11)15(20)18-12-5-2-6-13(8-12)21-9-14(17)19/h1-8H,9H2,(H2,17,19)(H,18,20). The van der Waals surface area contributed by atoms with Gasteiger partial charge in [0.25, 0.3) is 11.8 Å². The number of benzene rings is 2. The van der Waals surface area contributed by atoms with Crippen LogP contribution in [0.25, 0.3) is 0 Å². The molecule has 0 saturated carbocycles.